The number of hydrogen-bond donors (Lipinski definition) is 0. The van der Waals surface area contributed by atoms with Gasteiger partial charge < -0.3 is 9.14 Å². The molecule has 0 atom stereocenters. The number of thioether (sulfide) groups is 1. The third-order valence-electron chi connectivity index (χ3n) is 3.38. The van der Waals surface area contributed by atoms with Crippen molar-refractivity contribution in [2.45, 2.75) is 11.5 Å². The van der Waals surface area contributed by atoms with E-state index in [4.69, 9.17) is 4.74 Å². The number of nitro groups is 1. The highest BCUT2D eigenvalue weighted by atomic mass is 32.2. The van der Waals surface area contributed by atoms with Crippen LogP contribution in [0.15, 0.2) is 53.7 Å². The van der Waals surface area contributed by atoms with Crippen molar-refractivity contribution in [3.05, 3.63) is 70.2 Å². The lowest BCUT2D eigenvalue weighted by Gasteiger charge is -2.04. The molecule has 0 aliphatic heterocycles. The van der Waals surface area contributed by atoms with Gasteiger partial charge in [-0.2, -0.15) is 0 Å². The molecule has 1 aromatic carbocycles. The lowest BCUT2D eigenvalue weighted by molar-refractivity contribution is -0.387. The molecule has 0 N–H and O–H groups in total. The number of nitro benzene ring substituents is 1. The average molecular weight is 343 g/mol. The number of esters is 1. The molecule has 0 radical (unpaired) electrons. The van der Waals surface area contributed by atoms with Crippen molar-refractivity contribution in [1.82, 2.24) is 9.38 Å². The fourth-order valence-electron chi connectivity index (χ4n) is 2.24. The number of hydrogen-bond acceptors (Lipinski definition) is 6. The Bertz CT molecular complexity index is 890. The van der Waals surface area contributed by atoms with E-state index >= 15 is 0 Å². The van der Waals surface area contributed by atoms with Crippen molar-refractivity contribution >= 4 is 29.1 Å². The minimum Gasteiger partial charge on any atom is -0.456 e. The van der Waals surface area contributed by atoms with Gasteiger partial charge in [0.15, 0.2) is 0 Å². The van der Waals surface area contributed by atoms with Crippen LogP contribution in [-0.4, -0.2) is 26.5 Å². The molecule has 0 bridgehead atoms. The first-order chi connectivity index (χ1) is 11.6. The number of aromatic nitrogens is 2. The summed E-state index contributed by atoms with van der Waals surface area (Å²) in [5, 5.41) is 11.1. The van der Waals surface area contributed by atoms with Gasteiger partial charge in [-0.25, -0.2) is 9.78 Å². The summed E-state index contributed by atoms with van der Waals surface area (Å²) in [5.41, 5.74) is 1.39. The van der Waals surface area contributed by atoms with Crippen molar-refractivity contribution in [3.8, 4) is 0 Å². The van der Waals surface area contributed by atoms with Crippen LogP contribution in [-0.2, 0) is 11.3 Å². The number of carbonyl (C=O) groups is 1. The first-order valence-corrected chi connectivity index (χ1v) is 8.23. The van der Waals surface area contributed by atoms with E-state index in [1.807, 2.05) is 28.8 Å². The number of ether oxygens (including phenoxy) is 1. The monoisotopic (exact) mass is 343 g/mol. The van der Waals surface area contributed by atoms with E-state index in [1.54, 1.807) is 18.5 Å². The van der Waals surface area contributed by atoms with Gasteiger partial charge in [-0.05, 0) is 30.5 Å². The highest BCUT2D eigenvalue weighted by molar-refractivity contribution is 7.98. The number of nitrogens with zero attached hydrogens (tertiary/aromatic N) is 3. The molecule has 8 heteroatoms. The SMILES string of the molecule is CSc1ccc(C(=O)OCc2cn3ccccc3n2)cc1[N+](=O)[O-]. The molecule has 0 fully saturated rings. The van der Waals surface area contributed by atoms with Gasteiger partial charge in [0.05, 0.1) is 21.1 Å². The molecular formula is C16H13N3O4S. The zero-order chi connectivity index (χ0) is 17.1. The van der Waals surface area contributed by atoms with Gasteiger partial charge in [0, 0.05) is 18.5 Å². The Morgan fingerprint density at radius 1 is 1.38 bits per heavy atom. The first-order valence-electron chi connectivity index (χ1n) is 7.00. The summed E-state index contributed by atoms with van der Waals surface area (Å²) in [6, 6.07) is 9.88. The van der Waals surface area contributed by atoms with Crippen LogP contribution < -0.4 is 0 Å². The summed E-state index contributed by atoms with van der Waals surface area (Å²) in [6.07, 6.45) is 5.35. The van der Waals surface area contributed by atoms with E-state index in [0.717, 1.165) is 5.65 Å². The summed E-state index contributed by atoms with van der Waals surface area (Å²) in [6.45, 7) is -0.00140. The van der Waals surface area contributed by atoms with Crippen LogP contribution in [0.3, 0.4) is 0 Å². The summed E-state index contributed by atoms with van der Waals surface area (Å²) in [5.74, 6) is -0.622. The molecule has 2 heterocycles. The summed E-state index contributed by atoms with van der Waals surface area (Å²) >= 11 is 1.25. The standard InChI is InChI=1S/C16H13N3O4S/c1-24-14-6-5-11(8-13(14)19(21)22)16(20)23-10-12-9-18-7-3-2-4-15(18)17-12/h2-9H,10H2,1H3. The molecule has 3 aromatic rings. The Hall–Kier alpha value is -2.87. The van der Waals surface area contributed by atoms with Crippen molar-refractivity contribution in [2.24, 2.45) is 0 Å². The Kier molecular flexibility index (Phi) is 4.48. The van der Waals surface area contributed by atoms with E-state index in [-0.39, 0.29) is 17.9 Å². The highest BCUT2D eigenvalue weighted by Crippen LogP contribution is 2.28. The highest BCUT2D eigenvalue weighted by Gasteiger charge is 2.18. The number of rotatable bonds is 5. The molecule has 0 spiro atoms. The quantitative estimate of drug-likeness (QED) is 0.306. The largest absolute Gasteiger partial charge is 0.456 e. The minimum atomic E-state index is -0.622. The predicted molar refractivity (Wildman–Crippen MR) is 89.2 cm³/mol. The van der Waals surface area contributed by atoms with Crippen LogP contribution in [0.2, 0.25) is 0 Å². The fourth-order valence-corrected chi connectivity index (χ4v) is 2.79. The maximum atomic E-state index is 12.1. The summed E-state index contributed by atoms with van der Waals surface area (Å²) < 4.78 is 7.03. The summed E-state index contributed by atoms with van der Waals surface area (Å²) in [7, 11) is 0. The molecule has 0 unspecified atom stereocenters. The molecule has 0 amide bonds. The van der Waals surface area contributed by atoms with Gasteiger partial charge in [-0.3, -0.25) is 10.1 Å². The number of carbonyl (C=O) groups excluding carboxylic acids is 1. The molecular weight excluding hydrogens is 330 g/mol. The third kappa shape index (κ3) is 3.23. The second-order valence-electron chi connectivity index (χ2n) is 4.92. The predicted octanol–water partition coefficient (Wildman–Crippen LogP) is 3.32. The Balaban J connectivity index is 1.75. The second kappa shape index (κ2) is 6.71. The topological polar surface area (TPSA) is 86.7 Å². The molecule has 0 aliphatic carbocycles. The summed E-state index contributed by atoms with van der Waals surface area (Å²) in [4.78, 5) is 27.5. The van der Waals surface area contributed by atoms with Gasteiger partial charge in [0.25, 0.3) is 5.69 Å². The Labute approximate surface area is 141 Å². The van der Waals surface area contributed by atoms with E-state index in [1.165, 1.54) is 23.9 Å². The first kappa shape index (κ1) is 16.0. The molecule has 0 aliphatic rings. The number of imidazole rings is 1. The van der Waals surface area contributed by atoms with Crippen LogP contribution in [0.4, 0.5) is 5.69 Å². The van der Waals surface area contributed by atoms with Crippen molar-refractivity contribution in [3.63, 3.8) is 0 Å². The van der Waals surface area contributed by atoms with Crippen LogP contribution in [0.1, 0.15) is 16.1 Å². The van der Waals surface area contributed by atoms with E-state index in [0.29, 0.717) is 10.6 Å². The van der Waals surface area contributed by atoms with E-state index < -0.39 is 10.9 Å². The lowest BCUT2D eigenvalue weighted by Crippen LogP contribution is -2.06. The molecule has 0 saturated heterocycles. The smallest absolute Gasteiger partial charge is 0.338 e. The van der Waals surface area contributed by atoms with Gasteiger partial charge in [-0.15, -0.1) is 11.8 Å². The van der Waals surface area contributed by atoms with Crippen LogP contribution >= 0.6 is 11.8 Å². The molecule has 3 rings (SSSR count). The molecule has 7 nitrogen and oxygen atoms in total. The van der Waals surface area contributed by atoms with Gasteiger partial charge in [0.1, 0.15) is 12.3 Å². The third-order valence-corrected chi connectivity index (χ3v) is 4.16. The normalized spacial score (nSPS) is 10.7. The van der Waals surface area contributed by atoms with Gasteiger partial charge in [0.2, 0.25) is 0 Å². The Morgan fingerprint density at radius 3 is 2.92 bits per heavy atom. The maximum absolute atomic E-state index is 12.1. The molecule has 24 heavy (non-hydrogen) atoms. The maximum Gasteiger partial charge on any atom is 0.338 e. The zero-order valence-corrected chi connectivity index (χ0v) is 13.5. The minimum absolute atomic E-state index is 0.00140. The zero-order valence-electron chi connectivity index (χ0n) is 12.7. The van der Waals surface area contributed by atoms with Crippen molar-refractivity contribution in [1.29, 1.82) is 0 Å². The second-order valence-corrected chi connectivity index (χ2v) is 5.77. The lowest BCUT2D eigenvalue weighted by atomic mass is 10.2. The van der Waals surface area contributed by atoms with Gasteiger partial charge in [-0.1, -0.05) is 6.07 Å². The molecule has 2 aromatic heterocycles. The average Bonchev–Trinajstić information content (AvgIpc) is 3.02. The number of fused-ring (bicyclic) bond motifs is 1. The number of pyridine rings is 1. The van der Waals surface area contributed by atoms with Crippen LogP contribution in [0.5, 0.6) is 0 Å². The van der Waals surface area contributed by atoms with Crippen molar-refractivity contribution < 1.29 is 14.5 Å². The van der Waals surface area contributed by atoms with Crippen molar-refractivity contribution in [2.75, 3.05) is 6.26 Å². The molecule has 0 saturated carbocycles. The van der Waals surface area contributed by atoms with Gasteiger partial charge >= 0.3 is 5.97 Å². The molecule has 122 valence electrons. The van der Waals surface area contributed by atoms with Crippen LogP contribution in [0, 0.1) is 10.1 Å². The number of benzene rings is 1. The Morgan fingerprint density at radius 2 is 2.21 bits per heavy atom. The van der Waals surface area contributed by atoms with Crippen LogP contribution in [0.25, 0.3) is 5.65 Å². The van der Waals surface area contributed by atoms with E-state index in [2.05, 4.69) is 4.98 Å². The fraction of sp³-hybridized carbons (Fsp3) is 0.125. The van der Waals surface area contributed by atoms with E-state index in [9.17, 15) is 14.9 Å².